The fraction of sp³-hybridized carbons (Fsp3) is 1.00. The zero-order valence-electron chi connectivity index (χ0n) is 24.5. The Balaban J connectivity index is -0.00000105. The van der Waals surface area contributed by atoms with Crippen LogP contribution in [0.15, 0.2) is 0 Å². The van der Waals surface area contributed by atoms with Crippen molar-refractivity contribution < 1.29 is 192 Å². The molecule has 0 aliphatic heterocycles. The quantitative estimate of drug-likeness (QED) is 0.127. The van der Waals surface area contributed by atoms with Crippen LogP contribution in [0, 0.1) is 0 Å². The van der Waals surface area contributed by atoms with Gasteiger partial charge in [0.15, 0.2) is 20.2 Å². The van der Waals surface area contributed by atoms with Crippen LogP contribution in [0.25, 0.3) is 0 Å². The van der Waals surface area contributed by atoms with Gasteiger partial charge in [0.1, 0.15) is 0 Å². The summed E-state index contributed by atoms with van der Waals surface area (Å²) in [5.41, 5.74) is 0. The van der Waals surface area contributed by atoms with Crippen molar-refractivity contribution in [3.05, 3.63) is 0 Å². The van der Waals surface area contributed by atoms with Gasteiger partial charge in [-0.1, -0.05) is 0 Å². The summed E-state index contributed by atoms with van der Waals surface area (Å²) in [5, 5.41) is -15.9. The minimum atomic E-state index is -8.92. The average Bonchev–Trinajstić information content (AvgIpc) is 2.93. The Kier molecular flexibility index (Phi) is 15.6. The van der Waals surface area contributed by atoms with Crippen LogP contribution in [0.5, 0.6) is 0 Å². The minimum Gasteiger partial charge on any atom is -0.743 e. The van der Waals surface area contributed by atoms with Gasteiger partial charge in [-0.3, -0.25) is 0 Å². The summed E-state index contributed by atoms with van der Waals surface area (Å²) >= 11 is 0. The Morgan fingerprint density at radius 1 is 0.220 bits per heavy atom. The number of hydrogen-bond donors (Lipinski definition) is 0. The standard InChI is InChI=1S/2C8HF17O3S.Co/c2*9-1(10,3(13,14)5(17,18)7(21,22)23)2(11,12)4(15,16)6(19,20)8(24,25)29(26,27)28;/h2*(H,26,27,28);/q;;+2/p-2. The Morgan fingerprint density at radius 2 is 0.322 bits per heavy atom. The Bertz CT molecular complexity index is 1600. The van der Waals surface area contributed by atoms with E-state index in [1.807, 2.05) is 0 Å². The van der Waals surface area contributed by atoms with Crippen molar-refractivity contribution in [1.29, 1.82) is 0 Å². The molecule has 0 aromatic rings. The maximum atomic E-state index is 13.0. The van der Waals surface area contributed by atoms with Crippen LogP contribution in [0.2, 0.25) is 0 Å². The summed E-state index contributed by atoms with van der Waals surface area (Å²) < 4.78 is 488. The second-order valence-corrected chi connectivity index (χ2v) is 12.7. The molecule has 0 N–H and O–H groups in total. The summed E-state index contributed by atoms with van der Waals surface area (Å²) in [6, 6.07) is 0. The van der Waals surface area contributed by atoms with Gasteiger partial charge in [-0.25, -0.2) is 16.8 Å². The van der Waals surface area contributed by atoms with E-state index in [1.165, 1.54) is 0 Å². The smallest absolute Gasteiger partial charge is 0.743 e. The molecule has 0 aliphatic rings. The van der Waals surface area contributed by atoms with Gasteiger partial charge in [-0.15, -0.1) is 0 Å². The fourth-order valence-corrected chi connectivity index (χ4v) is 3.50. The molecule has 359 valence electrons. The van der Waals surface area contributed by atoms with Gasteiger partial charge < -0.3 is 9.11 Å². The van der Waals surface area contributed by atoms with Gasteiger partial charge in [0.05, 0.1) is 0 Å². The second-order valence-electron chi connectivity index (χ2n) is 9.83. The normalized spacial score (nSPS) is 16.6. The van der Waals surface area contributed by atoms with Crippen LogP contribution in [0.4, 0.5) is 149 Å². The average molecular weight is 1060 g/mol. The zero-order valence-corrected chi connectivity index (χ0v) is 27.1. The van der Waals surface area contributed by atoms with Gasteiger partial charge in [-0.05, 0) is 0 Å². The molecule has 0 aliphatic carbocycles. The summed E-state index contributed by atoms with van der Waals surface area (Å²) in [4.78, 5) is 0. The molecule has 0 saturated carbocycles. The van der Waals surface area contributed by atoms with Crippen molar-refractivity contribution >= 4 is 20.2 Å². The van der Waals surface area contributed by atoms with E-state index in [0.717, 1.165) is 0 Å². The number of rotatable bonds is 14. The van der Waals surface area contributed by atoms with Crippen LogP contribution in [-0.2, 0) is 37.0 Å². The Labute approximate surface area is 306 Å². The van der Waals surface area contributed by atoms with E-state index in [-0.39, 0.29) is 16.8 Å². The molecule has 0 atom stereocenters. The van der Waals surface area contributed by atoms with Crippen molar-refractivity contribution in [3.63, 3.8) is 0 Å². The van der Waals surface area contributed by atoms with Crippen LogP contribution in [0.3, 0.4) is 0 Å². The van der Waals surface area contributed by atoms with Crippen LogP contribution in [0.1, 0.15) is 0 Å². The predicted molar refractivity (Wildman–Crippen MR) is 101 cm³/mol. The summed E-state index contributed by atoms with van der Waals surface area (Å²) in [5.74, 6) is -104. The number of hydrogen-bond acceptors (Lipinski definition) is 6. The molecular formula is C16CoF34O6S2. The molecule has 0 unspecified atom stereocenters. The van der Waals surface area contributed by atoms with Gasteiger partial charge in [0.2, 0.25) is 0 Å². The third kappa shape index (κ3) is 8.08. The molecule has 59 heavy (non-hydrogen) atoms. The van der Waals surface area contributed by atoms with E-state index in [2.05, 4.69) is 0 Å². The maximum absolute atomic E-state index is 13.0. The first-order valence-electron chi connectivity index (χ1n) is 11.3. The first-order chi connectivity index (χ1) is 24.0. The zero-order chi connectivity index (χ0) is 49.0. The molecule has 0 amide bonds. The molecule has 43 heteroatoms. The van der Waals surface area contributed by atoms with Crippen molar-refractivity contribution in [2.24, 2.45) is 0 Å². The van der Waals surface area contributed by atoms with Crippen molar-refractivity contribution in [1.82, 2.24) is 0 Å². The van der Waals surface area contributed by atoms with Gasteiger partial charge in [0.25, 0.3) is 0 Å². The van der Waals surface area contributed by atoms with Gasteiger partial charge in [-0.2, -0.15) is 149 Å². The van der Waals surface area contributed by atoms with E-state index in [4.69, 9.17) is 0 Å². The molecule has 6 nitrogen and oxygen atoms in total. The first kappa shape index (κ1) is 61.2. The Morgan fingerprint density at radius 3 is 0.424 bits per heavy atom. The van der Waals surface area contributed by atoms with Gasteiger partial charge >= 0.3 is 111 Å². The molecule has 1 radical (unpaired) electrons. The molecule has 0 spiro atoms. The van der Waals surface area contributed by atoms with Crippen molar-refractivity contribution in [2.45, 2.75) is 93.9 Å². The van der Waals surface area contributed by atoms with Gasteiger partial charge in [0, 0.05) is 0 Å². The van der Waals surface area contributed by atoms with Crippen LogP contribution in [-0.4, -0.2) is 120 Å². The Hall–Kier alpha value is -2.05. The second kappa shape index (κ2) is 15.0. The summed E-state index contributed by atoms with van der Waals surface area (Å²) in [6.45, 7) is 0. The summed E-state index contributed by atoms with van der Waals surface area (Å²) in [7, 11) is -16.3. The van der Waals surface area contributed by atoms with E-state index < -0.39 is 114 Å². The topological polar surface area (TPSA) is 114 Å². The van der Waals surface area contributed by atoms with E-state index in [9.17, 15) is 175 Å². The number of alkyl halides is 34. The molecule has 0 fully saturated rings. The summed E-state index contributed by atoms with van der Waals surface area (Å²) in [6.07, 6.45) is -15.8. The molecule has 0 aromatic heterocycles. The predicted octanol–water partition coefficient (Wildman–Crippen LogP) is 8.99. The van der Waals surface area contributed by atoms with Crippen LogP contribution < -0.4 is 0 Å². The third-order valence-corrected chi connectivity index (χ3v) is 7.78. The van der Waals surface area contributed by atoms with Crippen molar-refractivity contribution in [2.75, 3.05) is 0 Å². The largest absolute Gasteiger partial charge is 2.00 e. The molecule has 0 rings (SSSR count). The molecule has 0 heterocycles. The molecule has 0 saturated heterocycles. The molecule has 0 bridgehead atoms. The number of halogens is 34. The third-order valence-electron chi connectivity index (χ3n) is 6.01. The van der Waals surface area contributed by atoms with E-state index >= 15 is 0 Å². The fourth-order valence-electron chi connectivity index (χ4n) is 2.61. The maximum Gasteiger partial charge on any atom is 2.00 e. The van der Waals surface area contributed by atoms with Crippen LogP contribution >= 0.6 is 0 Å². The monoisotopic (exact) mass is 1060 g/mol. The SMILES string of the molecule is O=S(=O)([O-])C(F)(F)C(F)(F)C(F)(F)C(F)(F)C(F)(F)C(F)(F)C(F)(F)C(F)(F)F.O=S(=O)([O-])C(F)(F)C(F)(F)C(F)(F)C(F)(F)C(F)(F)C(F)(F)C(F)(F)C(F)(F)F.[Co+2]. The molecular weight excluding hydrogens is 1060 g/mol. The first-order valence-corrected chi connectivity index (χ1v) is 14.2. The minimum absolute atomic E-state index is 0. The van der Waals surface area contributed by atoms with E-state index in [0.29, 0.717) is 0 Å². The van der Waals surface area contributed by atoms with E-state index in [1.54, 1.807) is 0 Å². The molecule has 0 aromatic carbocycles. The van der Waals surface area contributed by atoms with Crippen molar-refractivity contribution in [3.8, 4) is 0 Å².